The van der Waals surface area contributed by atoms with E-state index in [0.717, 1.165) is 10.2 Å². The standard InChI is InChI=1S/C8H16NOS.HI/c1-7-10-5-8(6-11-7)9(2,3)4;/h5,7H,6H2,1-4H3;1H/q+1;/p-1. The fourth-order valence-corrected chi connectivity index (χ4v) is 1.80. The molecule has 4 heteroatoms. The second-order valence-electron chi connectivity index (χ2n) is 3.64. The Labute approximate surface area is 95.9 Å². The zero-order valence-electron chi connectivity index (χ0n) is 8.00. The van der Waals surface area contributed by atoms with Gasteiger partial charge in [-0.05, 0) is 6.92 Å². The summed E-state index contributed by atoms with van der Waals surface area (Å²) in [5, 5.41) is 0. The van der Waals surface area contributed by atoms with Crippen LogP contribution in [0.2, 0.25) is 0 Å². The monoisotopic (exact) mass is 301 g/mol. The van der Waals surface area contributed by atoms with Crippen molar-refractivity contribution in [3.05, 3.63) is 12.0 Å². The van der Waals surface area contributed by atoms with Crippen LogP contribution in [-0.2, 0) is 4.74 Å². The minimum absolute atomic E-state index is 0. The molecule has 0 radical (unpaired) electrons. The SMILES string of the molecule is CC1OC=C([N+](C)(C)C)CS1.[I-]. The maximum atomic E-state index is 5.40. The lowest BCUT2D eigenvalue weighted by Gasteiger charge is -2.29. The van der Waals surface area contributed by atoms with Gasteiger partial charge < -0.3 is 28.7 Å². The second-order valence-corrected chi connectivity index (χ2v) is 4.92. The van der Waals surface area contributed by atoms with Crippen LogP contribution in [0.25, 0.3) is 0 Å². The van der Waals surface area contributed by atoms with Crippen LogP contribution in [0.3, 0.4) is 0 Å². The van der Waals surface area contributed by atoms with Crippen LogP contribution in [0, 0.1) is 0 Å². The van der Waals surface area contributed by atoms with Gasteiger partial charge in [0.25, 0.3) is 0 Å². The van der Waals surface area contributed by atoms with Gasteiger partial charge in [0.2, 0.25) is 0 Å². The Morgan fingerprint density at radius 3 is 2.42 bits per heavy atom. The molecule has 72 valence electrons. The molecule has 0 amide bonds. The number of thioether (sulfide) groups is 1. The summed E-state index contributed by atoms with van der Waals surface area (Å²) < 4.78 is 6.28. The molecule has 0 saturated heterocycles. The summed E-state index contributed by atoms with van der Waals surface area (Å²) in [7, 11) is 6.48. The molecule has 12 heavy (non-hydrogen) atoms. The number of rotatable bonds is 1. The van der Waals surface area contributed by atoms with E-state index in [0.29, 0.717) is 5.44 Å². The molecule has 1 unspecified atom stereocenters. The zero-order chi connectivity index (χ0) is 8.48. The minimum atomic E-state index is 0. The maximum Gasteiger partial charge on any atom is 0.153 e. The molecule has 1 rings (SSSR count). The highest BCUT2D eigenvalue weighted by atomic mass is 127. The van der Waals surface area contributed by atoms with E-state index in [2.05, 4.69) is 28.1 Å². The van der Waals surface area contributed by atoms with E-state index in [1.54, 1.807) is 0 Å². The average molecular weight is 301 g/mol. The highest BCUT2D eigenvalue weighted by Gasteiger charge is 2.22. The van der Waals surface area contributed by atoms with Gasteiger partial charge in [-0.1, -0.05) is 0 Å². The minimum Gasteiger partial charge on any atom is -1.00 e. The maximum absolute atomic E-state index is 5.40. The molecule has 0 N–H and O–H groups in total. The van der Waals surface area contributed by atoms with Gasteiger partial charge in [0, 0.05) is 0 Å². The Hall–Kier alpha value is 0.580. The fourth-order valence-electron chi connectivity index (χ4n) is 0.802. The molecule has 0 bridgehead atoms. The van der Waals surface area contributed by atoms with Gasteiger partial charge in [-0.3, -0.25) is 4.48 Å². The predicted octanol–water partition coefficient (Wildman–Crippen LogP) is -1.35. The van der Waals surface area contributed by atoms with Crippen LogP contribution in [0.5, 0.6) is 0 Å². The molecule has 1 aliphatic rings. The molecule has 0 aromatic heterocycles. The molecule has 0 aromatic carbocycles. The number of hydrogen-bond acceptors (Lipinski definition) is 2. The summed E-state index contributed by atoms with van der Waals surface area (Å²) in [6, 6.07) is 0. The summed E-state index contributed by atoms with van der Waals surface area (Å²) in [4.78, 5) is 0. The van der Waals surface area contributed by atoms with Crippen molar-refractivity contribution in [2.75, 3.05) is 26.9 Å². The van der Waals surface area contributed by atoms with Crippen molar-refractivity contribution >= 4 is 11.8 Å². The third-order valence-corrected chi connectivity index (χ3v) is 2.77. The summed E-state index contributed by atoms with van der Waals surface area (Å²) in [6.07, 6.45) is 1.90. The van der Waals surface area contributed by atoms with E-state index in [4.69, 9.17) is 4.74 Å². The smallest absolute Gasteiger partial charge is 0.153 e. The Kier molecular flexibility index (Phi) is 4.94. The first-order chi connectivity index (χ1) is 5.00. The van der Waals surface area contributed by atoms with E-state index < -0.39 is 0 Å². The fraction of sp³-hybridized carbons (Fsp3) is 0.750. The van der Waals surface area contributed by atoms with E-state index in [1.165, 1.54) is 5.70 Å². The van der Waals surface area contributed by atoms with Gasteiger partial charge in [0.05, 0.1) is 26.9 Å². The number of hydrogen-bond donors (Lipinski definition) is 0. The van der Waals surface area contributed by atoms with Crippen molar-refractivity contribution in [1.82, 2.24) is 0 Å². The zero-order valence-corrected chi connectivity index (χ0v) is 11.0. The van der Waals surface area contributed by atoms with Crippen molar-refractivity contribution < 1.29 is 33.2 Å². The third-order valence-electron chi connectivity index (χ3n) is 1.72. The van der Waals surface area contributed by atoms with E-state index in [9.17, 15) is 0 Å². The molecule has 0 fully saturated rings. The number of quaternary nitrogens is 1. The Morgan fingerprint density at radius 1 is 1.50 bits per heavy atom. The first-order valence-corrected chi connectivity index (χ1v) is 4.83. The average Bonchev–Trinajstić information content (AvgIpc) is 1.86. The highest BCUT2D eigenvalue weighted by molar-refractivity contribution is 7.99. The molecule has 0 aromatic rings. The van der Waals surface area contributed by atoms with Crippen LogP contribution >= 0.6 is 11.8 Å². The van der Waals surface area contributed by atoms with Crippen molar-refractivity contribution in [3.8, 4) is 0 Å². The highest BCUT2D eigenvalue weighted by Crippen LogP contribution is 2.25. The molecule has 1 atom stereocenters. The number of ether oxygens (including phenoxy) is 1. The van der Waals surface area contributed by atoms with Gasteiger partial charge in [0.15, 0.2) is 5.70 Å². The van der Waals surface area contributed by atoms with Crippen LogP contribution in [-0.4, -0.2) is 36.8 Å². The lowest BCUT2D eigenvalue weighted by Crippen LogP contribution is -3.00. The number of halogens is 1. The van der Waals surface area contributed by atoms with Gasteiger partial charge in [-0.15, -0.1) is 11.8 Å². The third kappa shape index (κ3) is 3.53. The van der Waals surface area contributed by atoms with E-state index >= 15 is 0 Å². The van der Waals surface area contributed by atoms with E-state index in [-0.39, 0.29) is 24.0 Å². The lowest BCUT2D eigenvalue weighted by atomic mass is 10.4. The molecular weight excluding hydrogens is 285 g/mol. The summed E-state index contributed by atoms with van der Waals surface area (Å²) in [5.41, 5.74) is 1.67. The van der Waals surface area contributed by atoms with Gasteiger partial charge in [0.1, 0.15) is 11.7 Å². The molecular formula is C8H16INOS. The lowest BCUT2D eigenvalue weighted by molar-refractivity contribution is -0.831. The molecule has 0 spiro atoms. The van der Waals surface area contributed by atoms with Crippen molar-refractivity contribution in [3.63, 3.8) is 0 Å². The second kappa shape index (κ2) is 4.72. The summed E-state index contributed by atoms with van der Waals surface area (Å²) in [6.45, 7) is 2.08. The molecule has 1 heterocycles. The van der Waals surface area contributed by atoms with Crippen LogP contribution in [0.4, 0.5) is 0 Å². The summed E-state index contributed by atoms with van der Waals surface area (Å²) in [5.74, 6) is 1.09. The quantitative estimate of drug-likeness (QED) is 0.437. The van der Waals surface area contributed by atoms with Crippen LogP contribution < -0.4 is 24.0 Å². The van der Waals surface area contributed by atoms with Gasteiger partial charge in [-0.2, -0.15) is 0 Å². The van der Waals surface area contributed by atoms with E-state index in [1.807, 2.05) is 18.0 Å². The summed E-state index contributed by atoms with van der Waals surface area (Å²) >= 11 is 1.85. The van der Waals surface area contributed by atoms with Crippen molar-refractivity contribution in [2.45, 2.75) is 12.4 Å². The van der Waals surface area contributed by atoms with Crippen LogP contribution in [0.1, 0.15) is 6.92 Å². The Balaban J connectivity index is 0.00000121. The van der Waals surface area contributed by atoms with Gasteiger partial charge in [-0.25, -0.2) is 0 Å². The molecule has 0 aliphatic carbocycles. The van der Waals surface area contributed by atoms with Crippen molar-refractivity contribution in [1.29, 1.82) is 0 Å². The molecule has 1 aliphatic heterocycles. The topological polar surface area (TPSA) is 9.23 Å². The Bertz CT molecular complexity index is 176. The largest absolute Gasteiger partial charge is 1.00 e. The van der Waals surface area contributed by atoms with Crippen molar-refractivity contribution in [2.24, 2.45) is 0 Å². The Morgan fingerprint density at radius 2 is 2.08 bits per heavy atom. The van der Waals surface area contributed by atoms with Gasteiger partial charge >= 0.3 is 0 Å². The predicted molar refractivity (Wildman–Crippen MR) is 49.1 cm³/mol. The first kappa shape index (κ1) is 12.6. The number of nitrogens with zero attached hydrogens (tertiary/aromatic N) is 1. The molecule has 2 nitrogen and oxygen atoms in total. The van der Waals surface area contributed by atoms with Crippen LogP contribution in [0.15, 0.2) is 12.0 Å². The molecule has 0 saturated carbocycles. The normalized spacial score (nSPS) is 23.7. The first-order valence-electron chi connectivity index (χ1n) is 3.78.